The van der Waals surface area contributed by atoms with Crippen molar-refractivity contribution in [2.75, 3.05) is 0 Å². The predicted octanol–water partition coefficient (Wildman–Crippen LogP) is 2.62. The van der Waals surface area contributed by atoms with Crippen LogP contribution in [0, 0.1) is 19.8 Å². The lowest BCUT2D eigenvalue weighted by molar-refractivity contribution is -0.158. The molecule has 1 aromatic heterocycles. The molecular formula is C9H11ClF3N3S. The molecule has 0 aliphatic carbocycles. The van der Waals surface area contributed by atoms with Gasteiger partial charge in [0.15, 0.2) is 0 Å². The predicted molar refractivity (Wildman–Crippen MR) is 63.0 cm³/mol. The highest BCUT2D eigenvalue weighted by atomic mass is 35.5. The molecule has 0 spiro atoms. The molecule has 0 radical (unpaired) electrons. The summed E-state index contributed by atoms with van der Waals surface area (Å²) >= 11 is 10.3. The highest BCUT2D eigenvalue weighted by Crippen LogP contribution is 2.29. The van der Waals surface area contributed by atoms with Gasteiger partial charge in [-0.3, -0.25) is 4.68 Å². The van der Waals surface area contributed by atoms with Gasteiger partial charge in [0.05, 0.1) is 27.9 Å². The lowest BCUT2D eigenvalue weighted by Crippen LogP contribution is -2.38. The van der Waals surface area contributed by atoms with Crippen molar-refractivity contribution in [3.8, 4) is 0 Å². The lowest BCUT2D eigenvalue weighted by Gasteiger charge is -2.19. The van der Waals surface area contributed by atoms with Gasteiger partial charge in [-0.05, 0) is 13.8 Å². The fourth-order valence-electron chi connectivity index (χ4n) is 1.38. The highest BCUT2D eigenvalue weighted by molar-refractivity contribution is 7.80. The molecule has 0 aliphatic rings. The summed E-state index contributed by atoms with van der Waals surface area (Å²) in [6.45, 7) is 2.77. The third kappa shape index (κ3) is 3.10. The van der Waals surface area contributed by atoms with E-state index in [-0.39, 0.29) is 0 Å². The zero-order valence-electron chi connectivity index (χ0n) is 9.18. The summed E-state index contributed by atoms with van der Waals surface area (Å²) in [5, 5.41) is 4.27. The maximum absolute atomic E-state index is 12.7. The highest BCUT2D eigenvalue weighted by Gasteiger charge is 2.42. The van der Waals surface area contributed by atoms with Crippen molar-refractivity contribution in [2.24, 2.45) is 11.7 Å². The number of aromatic nitrogens is 2. The van der Waals surface area contributed by atoms with Crippen LogP contribution >= 0.6 is 23.8 Å². The van der Waals surface area contributed by atoms with Gasteiger partial charge in [0.25, 0.3) is 0 Å². The fraction of sp³-hybridized carbons (Fsp3) is 0.556. The van der Waals surface area contributed by atoms with Crippen molar-refractivity contribution >= 4 is 28.8 Å². The molecule has 0 amide bonds. The van der Waals surface area contributed by atoms with E-state index in [2.05, 4.69) is 17.3 Å². The minimum atomic E-state index is -4.48. The second-order valence-corrected chi connectivity index (χ2v) is 4.51. The standard InChI is InChI=1S/C9H11ClF3N3S/c1-4-7(10)5(2)16(15-4)3-6(8(14)17)9(11,12)13/h6H,3H2,1-2H3,(H2,14,17). The maximum atomic E-state index is 12.7. The average Bonchev–Trinajstić information content (AvgIpc) is 2.40. The quantitative estimate of drug-likeness (QED) is 0.868. The number of hydrogen-bond acceptors (Lipinski definition) is 2. The molecule has 8 heteroatoms. The average molecular weight is 286 g/mol. The number of hydrogen-bond donors (Lipinski definition) is 1. The van der Waals surface area contributed by atoms with Gasteiger partial charge < -0.3 is 5.73 Å². The first-order valence-corrected chi connectivity index (χ1v) is 5.48. The molecule has 1 atom stereocenters. The molecule has 1 heterocycles. The molecule has 2 N–H and O–H groups in total. The number of thiocarbonyl (C=S) groups is 1. The summed E-state index contributed by atoms with van der Waals surface area (Å²) in [6.07, 6.45) is -4.48. The summed E-state index contributed by atoms with van der Waals surface area (Å²) in [7, 11) is 0. The van der Waals surface area contributed by atoms with Crippen molar-refractivity contribution in [2.45, 2.75) is 26.6 Å². The fourth-order valence-corrected chi connectivity index (χ4v) is 1.72. The van der Waals surface area contributed by atoms with Crippen molar-refractivity contribution in [1.82, 2.24) is 9.78 Å². The Balaban J connectivity index is 3.03. The third-order valence-corrected chi connectivity index (χ3v) is 3.22. The summed E-state index contributed by atoms with van der Waals surface area (Å²) in [5.74, 6) is -1.90. The SMILES string of the molecule is Cc1nn(CC(C(N)=S)C(F)(F)F)c(C)c1Cl. The number of rotatable bonds is 3. The van der Waals surface area contributed by atoms with Crippen molar-refractivity contribution < 1.29 is 13.2 Å². The van der Waals surface area contributed by atoms with Gasteiger partial charge in [0, 0.05) is 0 Å². The van der Waals surface area contributed by atoms with Gasteiger partial charge in [-0.2, -0.15) is 18.3 Å². The number of halogens is 4. The largest absolute Gasteiger partial charge is 0.399 e. The molecule has 3 nitrogen and oxygen atoms in total. The van der Waals surface area contributed by atoms with E-state index in [4.69, 9.17) is 17.3 Å². The van der Waals surface area contributed by atoms with Crippen LogP contribution in [0.2, 0.25) is 5.02 Å². The van der Waals surface area contributed by atoms with Crippen LogP contribution in [0.3, 0.4) is 0 Å². The molecule has 96 valence electrons. The topological polar surface area (TPSA) is 43.8 Å². The van der Waals surface area contributed by atoms with Crippen molar-refractivity contribution in [3.63, 3.8) is 0 Å². The Hall–Kier alpha value is -0.820. The first kappa shape index (κ1) is 14.2. The third-order valence-electron chi connectivity index (χ3n) is 2.39. The number of nitrogens with zero attached hydrogens (tertiary/aromatic N) is 2. The Morgan fingerprint density at radius 2 is 2.06 bits per heavy atom. The van der Waals surface area contributed by atoms with Crippen molar-refractivity contribution in [3.05, 3.63) is 16.4 Å². The van der Waals surface area contributed by atoms with Gasteiger partial charge in [0.2, 0.25) is 0 Å². The van der Waals surface area contributed by atoms with Crippen LogP contribution in [-0.4, -0.2) is 20.9 Å². The van der Waals surface area contributed by atoms with Crippen LogP contribution in [0.1, 0.15) is 11.4 Å². The van der Waals surface area contributed by atoms with Crippen molar-refractivity contribution in [1.29, 1.82) is 0 Å². The Morgan fingerprint density at radius 3 is 2.35 bits per heavy atom. The van der Waals surface area contributed by atoms with Gasteiger partial charge in [-0.25, -0.2) is 0 Å². The monoisotopic (exact) mass is 285 g/mol. The minimum absolute atomic E-state index is 0.355. The van der Waals surface area contributed by atoms with E-state index in [0.29, 0.717) is 16.4 Å². The molecule has 1 unspecified atom stereocenters. The van der Waals surface area contributed by atoms with E-state index in [9.17, 15) is 13.2 Å². The first-order chi connectivity index (χ1) is 7.64. The molecule has 1 rings (SSSR count). The van der Waals surface area contributed by atoms with E-state index in [1.165, 1.54) is 4.68 Å². The second kappa shape index (κ2) is 4.81. The van der Waals surface area contributed by atoms with Crippen LogP contribution < -0.4 is 5.73 Å². The van der Waals surface area contributed by atoms with Gasteiger partial charge >= 0.3 is 6.18 Å². The Morgan fingerprint density at radius 1 is 1.53 bits per heavy atom. The Bertz CT molecular complexity index is 441. The minimum Gasteiger partial charge on any atom is -0.393 e. The lowest BCUT2D eigenvalue weighted by atomic mass is 10.1. The summed E-state index contributed by atoms with van der Waals surface area (Å²) in [4.78, 5) is -0.596. The zero-order valence-corrected chi connectivity index (χ0v) is 10.7. The van der Waals surface area contributed by atoms with E-state index in [1.807, 2.05) is 0 Å². The summed E-state index contributed by atoms with van der Waals surface area (Å²) in [5.41, 5.74) is 6.05. The van der Waals surface area contributed by atoms with Gasteiger partial charge in [-0.1, -0.05) is 23.8 Å². The number of aryl methyl sites for hydroxylation is 1. The van der Waals surface area contributed by atoms with E-state index >= 15 is 0 Å². The van der Waals surface area contributed by atoms with Gasteiger partial charge in [-0.15, -0.1) is 0 Å². The van der Waals surface area contributed by atoms with E-state index < -0.39 is 23.6 Å². The summed E-state index contributed by atoms with van der Waals surface area (Å²) < 4.78 is 39.1. The van der Waals surface area contributed by atoms with Gasteiger partial charge in [0.1, 0.15) is 5.92 Å². The number of alkyl halides is 3. The van der Waals surface area contributed by atoms with E-state index in [1.54, 1.807) is 13.8 Å². The maximum Gasteiger partial charge on any atom is 0.399 e. The summed E-state index contributed by atoms with van der Waals surface area (Å²) in [6, 6.07) is 0. The van der Waals surface area contributed by atoms with Crippen LogP contribution in [0.5, 0.6) is 0 Å². The second-order valence-electron chi connectivity index (χ2n) is 3.66. The molecule has 0 saturated heterocycles. The molecule has 0 aromatic carbocycles. The van der Waals surface area contributed by atoms with E-state index in [0.717, 1.165) is 0 Å². The number of nitrogens with two attached hydrogens (primary N) is 1. The molecular weight excluding hydrogens is 275 g/mol. The Labute approximate surface area is 107 Å². The van der Waals surface area contributed by atoms with Crippen LogP contribution in [0.4, 0.5) is 13.2 Å². The molecule has 0 bridgehead atoms. The smallest absolute Gasteiger partial charge is 0.393 e. The molecule has 1 aromatic rings. The van der Waals surface area contributed by atoms with Crippen LogP contribution in [0.25, 0.3) is 0 Å². The zero-order chi connectivity index (χ0) is 13.4. The molecule has 0 aliphatic heterocycles. The molecule has 17 heavy (non-hydrogen) atoms. The normalized spacial score (nSPS) is 13.8. The molecule has 0 fully saturated rings. The van der Waals surface area contributed by atoms with Crippen LogP contribution in [-0.2, 0) is 6.54 Å². The molecule has 0 saturated carbocycles. The first-order valence-electron chi connectivity index (χ1n) is 4.70. The Kier molecular flexibility index (Phi) is 4.03. The van der Waals surface area contributed by atoms with Crippen LogP contribution in [0.15, 0.2) is 0 Å².